The van der Waals surface area contributed by atoms with Crippen LogP contribution in [0.3, 0.4) is 0 Å². The molecule has 0 saturated heterocycles. The minimum absolute atomic E-state index is 0. The zero-order valence-corrected chi connectivity index (χ0v) is 18.3. The third-order valence-corrected chi connectivity index (χ3v) is 4.32. The molecule has 1 aliphatic carbocycles. The molecular formula is C17H37IN4O. The van der Waals surface area contributed by atoms with E-state index in [1.54, 1.807) is 7.11 Å². The summed E-state index contributed by atoms with van der Waals surface area (Å²) >= 11 is 0. The van der Waals surface area contributed by atoms with Gasteiger partial charge in [0, 0.05) is 26.2 Å². The molecule has 0 aromatic carbocycles. The van der Waals surface area contributed by atoms with Crippen LogP contribution in [0.4, 0.5) is 0 Å². The van der Waals surface area contributed by atoms with Crippen LogP contribution >= 0.6 is 24.0 Å². The molecule has 6 heteroatoms. The lowest BCUT2D eigenvalue weighted by atomic mass is 9.89. The van der Waals surface area contributed by atoms with Crippen molar-refractivity contribution in [1.82, 2.24) is 15.5 Å². The summed E-state index contributed by atoms with van der Waals surface area (Å²) in [5, 5.41) is 6.76. The number of nitrogens with zero attached hydrogens (tertiary/aromatic N) is 2. The predicted octanol–water partition coefficient (Wildman–Crippen LogP) is 2.56. The first kappa shape index (κ1) is 22.9. The fraction of sp³-hybridized carbons (Fsp3) is 0.941. The van der Waals surface area contributed by atoms with Crippen LogP contribution in [-0.4, -0.2) is 63.8 Å². The van der Waals surface area contributed by atoms with E-state index < -0.39 is 0 Å². The average molecular weight is 440 g/mol. The van der Waals surface area contributed by atoms with Gasteiger partial charge in [-0.25, -0.2) is 0 Å². The van der Waals surface area contributed by atoms with Crippen molar-refractivity contribution in [3.63, 3.8) is 0 Å². The quantitative estimate of drug-likeness (QED) is 0.346. The summed E-state index contributed by atoms with van der Waals surface area (Å²) in [7, 11) is 6.08. The van der Waals surface area contributed by atoms with Gasteiger partial charge < -0.3 is 20.3 Å². The molecule has 1 rings (SSSR count). The monoisotopic (exact) mass is 440 g/mol. The number of guanidine groups is 1. The zero-order valence-electron chi connectivity index (χ0n) is 16.0. The fourth-order valence-electron chi connectivity index (χ4n) is 2.67. The van der Waals surface area contributed by atoms with Gasteiger partial charge in [0.2, 0.25) is 0 Å². The first-order valence-electron chi connectivity index (χ1n) is 8.51. The smallest absolute Gasteiger partial charge is 0.191 e. The van der Waals surface area contributed by atoms with Gasteiger partial charge >= 0.3 is 0 Å². The molecule has 0 radical (unpaired) electrons. The number of ether oxygens (including phenoxy) is 1. The fourth-order valence-corrected chi connectivity index (χ4v) is 2.67. The Morgan fingerprint density at radius 2 is 1.87 bits per heavy atom. The first-order valence-corrected chi connectivity index (χ1v) is 8.51. The molecule has 0 aliphatic heterocycles. The second kappa shape index (κ2) is 10.7. The molecule has 0 aromatic rings. The Labute approximate surface area is 160 Å². The molecule has 0 bridgehead atoms. The number of hydrogen-bond donors (Lipinski definition) is 2. The van der Waals surface area contributed by atoms with Crippen molar-refractivity contribution >= 4 is 29.9 Å². The average Bonchev–Trinajstić information content (AvgIpc) is 3.22. The van der Waals surface area contributed by atoms with E-state index in [0.717, 1.165) is 31.5 Å². The molecule has 23 heavy (non-hydrogen) atoms. The second-order valence-electron chi connectivity index (χ2n) is 7.56. The standard InChI is InChI=1S/C17H36N4O.HI/c1-8-18-16(20-12-15(22-7)17(2,3)4)19-11-14(21(5)6)13-9-10-13;/h13-15H,8-12H2,1-7H3,(H2,18,19,20);1H. The Bertz CT molecular complexity index is 349. The molecule has 1 saturated carbocycles. The summed E-state index contributed by atoms with van der Waals surface area (Å²) in [5.74, 6) is 1.71. The van der Waals surface area contributed by atoms with E-state index >= 15 is 0 Å². The molecule has 0 aromatic heterocycles. The molecular weight excluding hydrogens is 403 g/mol. The van der Waals surface area contributed by atoms with Crippen LogP contribution in [0.2, 0.25) is 0 Å². The highest BCUT2D eigenvalue weighted by Crippen LogP contribution is 2.34. The van der Waals surface area contributed by atoms with E-state index in [0.29, 0.717) is 6.04 Å². The molecule has 2 N–H and O–H groups in total. The van der Waals surface area contributed by atoms with Gasteiger partial charge in [-0.1, -0.05) is 20.8 Å². The highest BCUT2D eigenvalue weighted by Gasteiger charge is 2.32. The third kappa shape index (κ3) is 8.54. The normalized spacial score (nSPS) is 18.3. The lowest BCUT2D eigenvalue weighted by molar-refractivity contribution is 0.0205. The number of methoxy groups -OCH3 is 1. The van der Waals surface area contributed by atoms with E-state index in [2.05, 4.69) is 57.3 Å². The van der Waals surface area contributed by atoms with E-state index in [1.165, 1.54) is 12.8 Å². The van der Waals surface area contributed by atoms with Crippen molar-refractivity contribution in [2.75, 3.05) is 40.8 Å². The Hall–Kier alpha value is -0.0800. The molecule has 1 fully saturated rings. The molecule has 5 nitrogen and oxygen atoms in total. The SMILES string of the molecule is CCNC(=NCC(C1CC1)N(C)C)NCC(OC)C(C)(C)C.I. The first-order chi connectivity index (χ1) is 10.3. The number of hydrogen-bond acceptors (Lipinski definition) is 3. The van der Waals surface area contributed by atoms with Gasteiger partial charge in [-0.2, -0.15) is 0 Å². The number of rotatable bonds is 8. The van der Waals surface area contributed by atoms with Crippen LogP contribution in [0, 0.1) is 11.3 Å². The van der Waals surface area contributed by atoms with Gasteiger partial charge in [0.15, 0.2) is 5.96 Å². The Morgan fingerprint density at radius 1 is 1.26 bits per heavy atom. The highest BCUT2D eigenvalue weighted by molar-refractivity contribution is 14.0. The van der Waals surface area contributed by atoms with E-state index in [1.807, 2.05) is 0 Å². The lowest BCUT2D eigenvalue weighted by Gasteiger charge is -2.30. The van der Waals surface area contributed by atoms with Gasteiger partial charge in [-0.05, 0) is 45.2 Å². The highest BCUT2D eigenvalue weighted by atomic mass is 127. The maximum Gasteiger partial charge on any atom is 0.191 e. The Kier molecular flexibility index (Phi) is 10.7. The van der Waals surface area contributed by atoms with Crippen molar-refractivity contribution in [2.24, 2.45) is 16.3 Å². The second-order valence-corrected chi connectivity index (χ2v) is 7.56. The van der Waals surface area contributed by atoms with Crippen molar-refractivity contribution in [3.05, 3.63) is 0 Å². The maximum atomic E-state index is 5.60. The summed E-state index contributed by atoms with van der Waals surface area (Å²) in [5.41, 5.74) is 0.110. The van der Waals surface area contributed by atoms with Crippen LogP contribution in [0.5, 0.6) is 0 Å². The van der Waals surface area contributed by atoms with Crippen LogP contribution in [-0.2, 0) is 4.74 Å². The van der Waals surface area contributed by atoms with E-state index in [9.17, 15) is 0 Å². The molecule has 0 heterocycles. The van der Waals surface area contributed by atoms with E-state index in [-0.39, 0.29) is 35.5 Å². The zero-order chi connectivity index (χ0) is 16.8. The van der Waals surface area contributed by atoms with Crippen molar-refractivity contribution in [2.45, 2.75) is 52.7 Å². The van der Waals surface area contributed by atoms with Gasteiger partial charge in [0.05, 0.1) is 12.6 Å². The summed E-state index contributed by atoms with van der Waals surface area (Å²) in [6.45, 7) is 11.2. The van der Waals surface area contributed by atoms with Crippen molar-refractivity contribution in [3.8, 4) is 0 Å². The van der Waals surface area contributed by atoms with Crippen LogP contribution in [0.25, 0.3) is 0 Å². The van der Waals surface area contributed by atoms with Gasteiger partial charge in [0.25, 0.3) is 0 Å². The lowest BCUT2D eigenvalue weighted by Crippen LogP contribution is -2.46. The molecule has 0 spiro atoms. The largest absolute Gasteiger partial charge is 0.379 e. The van der Waals surface area contributed by atoms with Gasteiger partial charge in [-0.15, -0.1) is 24.0 Å². The van der Waals surface area contributed by atoms with Crippen molar-refractivity contribution < 1.29 is 4.74 Å². The van der Waals surface area contributed by atoms with Crippen LogP contribution in [0.1, 0.15) is 40.5 Å². The van der Waals surface area contributed by atoms with Crippen molar-refractivity contribution in [1.29, 1.82) is 0 Å². The minimum atomic E-state index is 0. The topological polar surface area (TPSA) is 48.9 Å². The van der Waals surface area contributed by atoms with Gasteiger partial charge in [-0.3, -0.25) is 4.99 Å². The number of aliphatic imine (C=N–C) groups is 1. The molecule has 2 atom stereocenters. The molecule has 1 aliphatic rings. The predicted molar refractivity (Wildman–Crippen MR) is 110 cm³/mol. The number of likely N-dealkylation sites (N-methyl/N-ethyl adjacent to an activating group) is 1. The summed E-state index contributed by atoms with van der Waals surface area (Å²) < 4.78 is 5.60. The van der Waals surface area contributed by atoms with Crippen LogP contribution < -0.4 is 10.6 Å². The Balaban J connectivity index is 0.00000484. The minimum Gasteiger partial charge on any atom is -0.379 e. The maximum absolute atomic E-state index is 5.60. The molecule has 0 amide bonds. The molecule has 2 unspecified atom stereocenters. The third-order valence-electron chi connectivity index (χ3n) is 4.32. The Morgan fingerprint density at radius 3 is 2.26 bits per heavy atom. The van der Waals surface area contributed by atoms with Gasteiger partial charge in [0.1, 0.15) is 0 Å². The summed E-state index contributed by atoms with van der Waals surface area (Å²) in [6, 6.07) is 0.552. The summed E-state index contributed by atoms with van der Waals surface area (Å²) in [6.07, 6.45) is 2.85. The van der Waals surface area contributed by atoms with Crippen LogP contribution in [0.15, 0.2) is 4.99 Å². The van der Waals surface area contributed by atoms with E-state index in [4.69, 9.17) is 9.73 Å². The summed E-state index contributed by atoms with van der Waals surface area (Å²) in [4.78, 5) is 7.09. The number of nitrogens with one attached hydrogen (secondary N) is 2. The number of halogens is 1. The molecule has 138 valence electrons.